The highest BCUT2D eigenvalue weighted by Gasteiger charge is 2.30. The van der Waals surface area contributed by atoms with Crippen molar-refractivity contribution < 1.29 is 23.7 Å². The predicted octanol–water partition coefficient (Wildman–Crippen LogP) is 2.05. The van der Waals surface area contributed by atoms with E-state index in [4.69, 9.17) is 24.7 Å². The maximum Gasteiger partial charge on any atom is 0.359 e. The zero-order chi connectivity index (χ0) is 18.6. The summed E-state index contributed by atoms with van der Waals surface area (Å²) >= 11 is 0. The Morgan fingerprint density at radius 2 is 1.96 bits per heavy atom. The fourth-order valence-corrected chi connectivity index (χ4v) is 2.41. The highest BCUT2D eigenvalue weighted by molar-refractivity contribution is 5.94. The Kier molecular flexibility index (Phi) is 5.53. The molecule has 8 heteroatoms. The third-order valence-electron chi connectivity index (χ3n) is 3.42. The van der Waals surface area contributed by atoms with Gasteiger partial charge in [-0.25, -0.2) is 4.79 Å². The number of carbonyl (C=O) groups excluding carboxylic acids is 1. The highest BCUT2D eigenvalue weighted by atomic mass is 16.6. The number of aromatic nitrogens is 2. The van der Waals surface area contributed by atoms with Gasteiger partial charge in [-0.1, -0.05) is 6.07 Å². The minimum absolute atomic E-state index is 0.0119. The molecule has 0 saturated heterocycles. The third kappa shape index (κ3) is 4.03. The molecule has 0 saturated carbocycles. The first-order chi connectivity index (χ1) is 11.8. The molecule has 0 unspecified atom stereocenters. The number of imidazole rings is 1. The Bertz CT molecular complexity index is 755. The van der Waals surface area contributed by atoms with Crippen molar-refractivity contribution in [2.24, 2.45) is 0 Å². The molecule has 1 aromatic carbocycles. The van der Waals surface area contributed by atoms with Gasteiger partial charge in [-0.3, -0.25) is 4.57 Å². The molecule has 136 valence electrons. The number of nitrogens with zero attached hydrogens (tertiary/aromatic N) is 2. The second-order valence-corrected chi connectivity index (χ2v) is 5.95. The minimum atomic E-state index is -0.824. The van der Waals surface area contributed by atoms with Crippen LogP contribution in [-0.4, -0.2) is 49.1 Å². The van der Waals surface area contributed by atoms with Crippen LogP contribution in [0.25, 0.3) is 5.69 Å². The van der Waals surface area contributed by atoms with Crippen LogP contribution in [0.1, 0.15) is 24.3 Å². The first kappa shape index (κ1) is 18.6. The number of hydrogen-bond donors (Lipinski definition) is 1. The van der Waals surface area contributed by atoms with E-state index in [0.29, 0.717) is 11.4 Å². The second-order valence-electron chi connectivity index (χ2n) is 5.95. The van der Waals surface area contributed by atoms with Crippen molar-refractivity contribution >= 4 is 11.8 Å². The fourth-order valence-electron chi connectivity index (χ4n) is 2.41. The molecule has 0 aliphatic carbocycles. The van der Waals surface area contributed by atoms with E-state index in [1.54, 1.807) is 45.2 Å². The molecule has 0 amide bonds. The van der Waals surface area contributed by atoms with Crippen LogP contribution in [0.4, 0.5) is 5.82 Å². The van der Waals surface area contributed by atoms with Crippen molar-refractivity contribution in [1.82, 2.24) is 9.55 Å². The average Bonchev–Trinajstić information content (AvgIpc) is 2.91. The van der Waals surface area contributed by atoms with Gasteiger partial charge in [0.25, 0.3) is 0 Å². The van der Waals surface area contributed by atoms with Gasteiger partial charge in [-0.05, 0) is 26.0 Å². The SMILES string of the molecule is COCC(C)(C)OC(=O)c1c(N)nc(OC)n1-c1cccc(OC)c1. The van der Waals surface area contributed by atoms with Crippen LogP contribution in [0.15, 0.2) is 24.3 Å². The summed E-state index contributed by atoms with van der Waals surface area (Å²) in [6.07, 6.45) is 0. The first-order valence-corrected chi connectivity index (χ1v) is 7.62. The van der Waals surface area contributed by atoms with Crippen molar-refractivity contribution in [3.63, 3.8) is 0 Å². The number of esters is 1. The maximum absolute atomic E-state index is 12.7. The molecule has 0 radical (unpaired) electrons. The number of methoxy groups -OCH3 is 3. The summed E-state index contributed by atoms with van der Waals surface area (Å²) in [5.74, 6) is 0.00177. The van der Waals surface area contributed by atoms with Crippen LogP contribution in [0.2, 0.25) is 0 Å². The molecular formula is C17H23N3O5. The predicted molar refractivity (Wildman–Crippen MR) is 92.5 cm³/mol. The molecule has 2 N–H and O–H groups in total. The standard InChI is InChI=1S/C17H23N3O5/c1-17(2,10-22-3)25-15(21)13-14(18)19-16(24-5)20(13)11-7-6-8-12(9-11)23-4/h6-9H,10,18H2,1-5H3. The molecule has 8 nitrogen and oxygen atoms in total. The average molecular weight is 349 g/mol. The number of carbonyl (C=O) groups is 1. The molecular weight excluding hydrogens is 326 g/mol. The number of anilines is 1. The van der Waals surface area contributed by atoms with E-state index in [0.717, 1.165) is 0 Å². The van der Waals surface area contributed by atoms with Gasteiger partial charge in [0, 0.05) is 13.2 Å². The lowest BCUT2D eigenvalue weighted by atomic mass is 10.1. The molecule has 25 heavy (non-hydrogen) atoms. The quantitative estimate of drug-likeness (QED) is 0.764. The number of ether oxygens (including phenoxy) is 4. The molecule has 2 rings (SSSR count). The maximum atomic E-state index is 12.7. The van der Waals surface area contributed by atoms with Gasteiger partial charge in [0.05, 0.1) is 26.5 Å². The smallest absolute Gasteiger partial charge is 0.359 e. The molecule has 1 heterocycles. The fraction of sp³-hybridized carbons (Fsp3) is 0.412. The topological polar surface area (TPSA) is 97.8 Å². The number of hydrogen-bond acceptors (Lipinski definition) is 7. The molecule has 0 aliphatic rings. The lowest BCUT2D eigenvalue weighted by Crippen LogP contribution is -2.33. The Hall–Kier alpha value is -2.74. The summed E-state index contributed by atoms with van der Waals surface area (Å²) in [7, 11) is 4.54. The Morgan fingerprint density at radius 3 is 2.56 bits per heavy atom. The number of rotatable bonds is 7. The van der Waals surface area contributed by atoms with Gasteiger partial charge in [0.1, 0.15) is 11.4 Å². The van der Waals surface area contributed by atoms with E-state index in [1.165, 1.54) is 18.8 Å². The second kappa shape index (κ2) is 7.43. The van der Waals surface area contributed by atoms with E-state index in [1.807, 2.05) is 0 Å². The molecule has 1 aromatic heterocycles. The van der Waals surface area contributed by atoms with Crippen molar-refractivity contribution in [2.75, 3.05) is 33.7 Å². The number of benzene rings is 1. The lowest BCUT2D eigenvalue weighted by Gasteiger charge is -2.24. The molecule has 0 fully saturated rings. The molecule has 0 atom stereocenters. The Labute approximate surface area is 146 Å². The van der Waals surface area contributed by atoms with Gasteiger partial charge in [0.2, 0.25) is 0 Å². The van der Waals surface area contributed by atoms with Crippen LogP contribution in [0.5, 0.6) is 11.8 Å². The van der Waals surface area contributed by atoms with Crippen LogP contribution < -0.4 is 15.2 Å². The van der Waals surface area contributed by atoms with Crippen LogP contribution in [0.3, 0.4) is 0 Å². The van der Waals surface area contributed by atoms with Crippen LogP contribution >= 0.6 is 0 Å². The summed E-state index contributed by atoms with van der Waals surface area (Å²) in [4.78, 5) is 16.8. The number of nitrogens with two attached hydrogens (primary N) is 1. The Morgan fingerprint density at radius 1 is 1.24 bits per heavy atom. The zero-order valence-corrected chi connectivity index (χ0v) is 15.0. The lowest BCUT2D eigenvalue weighted by molar-refractivity contribution is -0.0370. The summed E-state index contributed by atoms with van der Waals surface area (Å²) in [6, 6.07) is 7.26. The molecule has 0 spiro atoms. The highest BCUT2D eigenvalue weighted by Crippen LogP contribution is 2.29. The van der Waals surface area contributed by atoms with Gasteiger partial charge in [-0.2, -0.15) is 4.98 Å². The summed E-state index contributed by atoms with van der Waals surface area (Å²) in [5, 5.41) is 0. The summed E-state index contributed by atoms with van der Waals surface area (Å²) in [6.45, 7) is 3.73. The van der Waals surface area contributed by atoms with E-state index in [9.17, 15) is 4.79 Å². The third-order valence-corrected chi connectivity index (χ3v) is 3.42. The Balaban J connectivity index is 2.51. The van der Waals surface area contributed by atoms with Gasteiger partial charge < -0.3 is 24.7 Å². The zero-order valence-electron chi connectivity index (χ0n) is 15.0. The number of nitrogen functional groups attached to an aromatic ring is 1. The van der Waals surface area contributed by atoms with E-state index in [-0.39, 0.29) is 24.1 Å². The van der Waals surface area contributed by atoms with Crippen LogP contribution in [-0.2, 0) is 9.47 Å². The van der Waals surface area contributed by atoms with E-state index in [2.05, 4.69) is 4.98 Å². The van der Waals surface area contributed by atoms with Gasteiger partial charge >= 0.3 is 12.0 Å². The summed E-state index contributed by atoms with van der Waals surface area (Å²) < 4.78 is 22.6. The molecule has 2 aromatic rings. The van der Waals surface area contributed by atoms with Crippen molar-refractivity contribution in [3.8, 4) is 17.4 Å². The van der Waals surface area contributed by atoms with Crippen molar-refractivity contribution in [1.29, 1.82) is 0 Å². The van der Waals surface area contributed by atoms with Gasteiger partial charge in [0.15, 0.2) is 11.5 Å². The largest absolute Gasteiger partial charge is 0.497 e. The van der Waals surface area contributed by atoms with Crippen LogP contribution in [0, 0.1) is 0 Å². The molecule has 0 aliphatic heterocycles. The first-order valence-electron chi connectivity index (χ1n) is 7.62. The van der Waals surface area contributed by atoms with Crippen molar-refractivity contribution in [3.05, 3.63) is 30.0 Å². The van der Waals surface area contributed by atoms with Gasteiger partial charge in [-0.15, -0.1) is 0 Å². The monoisotopic (exact) mass is 349 g/mol. The summed E-state index contributed by atoms with van der Waals surface area (Å²) in [5.41, 5.74) is 5.81. The van der Waals surface area contributed by atoms with E-state index < -0.39 is 11.6 Å². The van der Waals surface area contributed by atoms with E-state index >= 15 is 0 Å². The normalized spacial score (nSPS) is 11.2. The molecule has 0 bridgehead atoms. The van der Waals surface area contributed by atoms with Crippen molar-refractivity contribution in [2.45, 2.75) is 19.4 Å². The minimum Gasteiger partial charge on any atom is -0.497 e.